The number of aromatic amines is 1. The highest BCUT2D eigenvalue weighted by molar-refractivity contribution is 5.97. The largest absolute Gasteiger partial charge is 0.497 e. The second kappa shape index (κ2) is 7.74. The average molecular weight is 360 g/mol. The first-order valence-electron chi connectivity index (χ1n) is 8.46. The SMILES string of the molecule is COC[C@@H]1CN(C(=O)c2ccc(OC)cc2OC)C[C@H]1c1n[nH]c(C)n1. The van der Waals surface area contributed by atoms with E-state index in [1.165, 1.54) is 0 Å². The summed E-state index contributed by atoms with van der Waals surface area (Å²) in [6, 6.07) is 5.20. The Bertz CT molecular complexity index is 776. The number of carbonyl (C=O) groups is 1. The summed E-state index contributed by atoms with van der Waals surface area (Å²) in [4.78, 5) is 19.3. The highest BCUT2D eigenvalue weighted by Crippen LogP contribution is 2.34. The van der Waals surface area contributed by atoms with Gasteiger partial charge in [-0.25, -0.2) is 4.98 Å². The number of benzene rings is 1. The lowest BCUT2D eigenvalue weighted by Gasteiger charge is -2.18. The molecule has 1 N–H and O–H groups in total. The maximum Gasteiger partial charge on any atom is 0.257 e. The van der Waals surface area contributed by atoms with E-state index >= 15 is 0 Å². The standard InChI is InChI=1S/C18H24N4O4/c1-11-19-17(21-20-11)15-9-22(8-12(15)10-24-2)18(23)14-6-5-13(25-3)7-16(14)26-4/h5-7,12,15H,8-10H2,1-4H3,(H,19,20,21)/t12-,15+/m0/s1. The number of carbonyl (C=O) groups excluding carboxylic acids is 1. The van der Waals surface area contributed by atoms with Crippen molar-refractivity contribution in [2.45, 2.75) is 12.8 Å². The summed E-state index contributed by atoms with van der Waals surface area (Å²) in [5.74, 6) is 2.72. The Morgan fingerprint density at radius 3 is 2.69 bits per heavy atom. The zero-order valence-corrected chi connectivity index (χ0v) is 15.5. The number of likely N-dealkylation sites (tertiary alicyclic amines) is 1. The van der Waals surface area contributed by atoms with Crippen LogP contribution in [0.3, 0.4) is 0 Å². The number of hydrogen-bond donors (Lipinski definition) is 1. The first-order valence-corrected chi connectivity index (χ1v) is 8.46. The van der Waals surface area contributed by atoms with E-state index in [4.69, 9.17) is 14.2 Å². The van der Waals surface area contributed by atoms with Crippen LogP contribution in [0, 0.1) is 12.8 Å². The summed E-state index contributed by atoms with van der Waals surface area (Å²) in [7, 11) is 4.79. The highest BCUT2D eigenvalue weighted by Gasteiger charge is 2.39. The number of rotatable bonds is 6. The van der Waals surface area contributed by atoms with Crippen LogP contribution in [0.2, 0.25) is 0 Å². The third-order valence-electron chi connectivity index (χ3n) is 4.69. The van der Waals surface area contributed by atoms with Crippen LogP contribution in [0.25, 0.3) is 0 Å². The lowest BCUT2D eigenvalue weighted by atomic mass is 9.96. The summed E-state index contributed by atoms with van der Waals surface area (Å²) in [5.41, 5.74) is 0.510. The Hall–Kier alpha value is -2.61. The first kappa shape index (κ1) is 18.2. The molecule has 3 rings (SSSR count). The number of nitrogens with one attached hydrogen (secondary N) is 1. The number of methoxy groups -OCH3 is 3. The van der Waals surface area contributed by atoms with E-state index < -0.39 is 0 Å². The third-order valence-corrected chi connectivity index (χ3v) is 4.69. The van der Waals surface area contributed by atoms with E-state index in [1.807, 2.05) is 11.8 Å². The Kier molecular flexibility index (Phi) is 5.41. The van der Waals surface area contributed by atoms with Crippen molar-refractivity contribution < 1.29 is 19.0 Å². The summed E-state index contributed by atoms with van der Waals surface area (Å²) in [5, 5.41) is 7.16. The summed E-state index contributed by atoms with van der Waals surface area (Å²) >= 11 is 0. The molecule has 2 aromatic rings. The van der Waals surface area contributed by atoms with Crippen molar-refractivity contribution in [2.24, 2.45) is 5.92 Å². The van der Waals surface area contributed by atoms with Crippen LogP contribution in [0.5, 0.6) is 11.5 Å². The second-order valence-corrected chi connectivity index (χ2v) is 6.38. The maximum absolute atomic E-state index is 13.1. The van der Waals surface area contributed by atoms with Crippen molar-refractivity contribution >= 4 is 5.91 Å². The minimum atomic E-state index is -0.0830. The number of nitrogens with zero attached hydrogens (tertiary/aromatic N) is 3. The topological polar surface area (TPSA) is 89.6 Å². The van der Waals surface area contributed by atoms with Gasteiger partial charge in [0.15, 0.2) is 5.82 Å². The molecule has 2 atom stereocenters. The number of aromatic nitrogens is 3. The molecule has 0 radical (unpaired) electrons. The predicted molar refractivity (Wildman–Crippen MR) is 94.7 cm³/mol. The van der Waals surface area contributed by atoms with Crippen LogP contribution in [-0.4, -0.2) is 67.0 Å². The summed E-state index contributed by atoms with van der Waals surface area (Å²) in [6.45, 7) is 3.53. The summed E-state index contributed by atoms with van der Waals surface area (Å²) < 4.78 is 15.9. The van der Waals surface area contributed by atoms with E-state index in [0.29, 0.717) is 36.8 Å². The van der Waals surface area contributed by atoms with E-state index in [1.54, 1.807) is 39.5 Å². The molecular weight excluding hydrogens is 336 g/mol. The Labute approximate surface area is 152 Å². The normalized spacial score (nSPS) is 19.6. The first-order chi connectivity index (χ1) is 12.6. The molecule has 1 aromatic carbocycles. The predicted octanol–water partition coefficient (Wildman–Crippen LogP) is 1.63. The fourth-order valence-electron chi connectivity index (χ4n) is 3.38. The van der Waals surface area contributed by atoms with Crippen molar-refractivity contribution in [1.29, 1.82) is 0 Å². The van der Waals surface area contributed by atoms with Gasteiger partial charge >= 0.3 is 0 Å². The van der Waals surface area contributed by atoms with Gasteiger partial charge in [-0.1, -0.05) is 0 Å². The molecule has 1 aliphatic rings. The van der Waals surface area contributed by atoms with Gasteiger partial charge in [0.2, 0.25) is 0 Å². The minimum absolute atomic E-state index is 0.0353. The number of H-pyrrole nitrogens is 1. The van der Waals surface area contributed by atoms with Crippen molar-refractivity contribution in [1.82, 2.24) is 20.1 Å². The summed E-state index contributed by atoms with van der Waals surface area (Å²) in [6.07, 6.45) is 0. The minimum Gasteiger partial charge on any atom is -0.497 e. The molecular formula is C18H24N4O4. The fourth-order valence-corrected chi connectivity index (χ4v) is 3.38. The molecule has 26 heavy (non-hydrogen) atoms. The van der Waals surface area contributed by atoms with Crippen LogP contribution in [0.4, 0.5) is 0 Å². The number of ether oxygens (including phenoxy) is 3. The van der Waals surface area contributed by atoms with Crippen molar-refractivity contribution in [3.8, 4) is 11.5 Å². The van der Waals surface area contributed by atoms with Gasteiger partial charge < -0.3 is 19.1 Å². The molecule has 140 valence electrons. The molecule has 1 fully saturated rings. The highest BCUT2D eigenvalue weighted by atomic mass is 16.5. The van der Waals surface area contributed by atoms with E-state index in [9.17, 15) is 4.79 Å². The van der Waals surface area contributed by atoms with Gasteiger partial charge in [-0.05, 0) is 19.1 Å². The molecule has 1 saturated heterocycles. The fraction of sp³-hybridized carbons (Fsp3) is 0.500. The van der Waals surface area contributed by atoms with Crippen molar-refractivity contribution in [3.63, 3.8) is 0 Å². The Balaban J connectivity index is 1.84. The van der Waals surface area contributed by atoms with Crippen molar-refractivity contribution in [2.75, 3.05) is 41.0 Å². The van der Waals surface area contributed by atoms with Gasteiger partial charge in [-0.2, -0.15) is 5.10 Å². The molecule has 2 heterocycles. The zero-order valence-electron chi connectivity index (χ0n) is 15.5. The lowest BCUT2D eigenvalue weighted by Crippen LogP contribution is -2.29. The lowest BCUT2D eigenvalue weighted by molar-refractivity contribution is 0.0772. The monoisotopic (exact) mass is 360 g/mol. The number of aryl methyl sites for hydroxylation is 1. The van der Waals surface area contributed by atoms with Gasteiger partial charge in [0, 0.05) is 38.1 Å². The van der Waals surface area contributed by atoms with Crippen LogP contribution in [-0.2, 0) is 4.74 Å². The van der Waals surface area contributed by atoms with Gasteiger partial charge in [0.05, 0.1) is 26.4 Å². The van der Waals surface area contributed by atoms with Crippen molar-refractivity contribution in [3.05, 3.63) is 35.4 Å². The number of amides is 1. The molecule has 0 bridgehead atoms. The molecule has 8 nitrogen and oxygen atoms in total. The van der Waals surface area contributed by atoms with E-state index in [2.05, 4.69) is 15.2 Å². The van der Waals surface area contributed by atoms with Crippen LogP contribution >= 0.6 is 0 Å². The Morgan fingerprint density at radius 2 is 2.08 bits per heavy atom. The van der Waals surface area contributed by atoms with E-state index in [-0.39, 0.29) is 17.7 Å². The van der Waals surface area contributed by atoms with Crippen LogP contribution in [0.1, 0.15) is 27.9 Å². The molecule has 1 aliphatic heterocycles. The van der Waals surface area contributed by atoms with Gasteiger partial charge in [0.25, 0.3) is 5.91 Å². The smallest absolute Gasteiger partial charge is 0.257 e. The van der Waals surface area contributed by atoms with Gasteiger partial charge in [0.1, 0.15) is 17.3 Å². The number of hydrogen-bond acceptors (Lipinski definition) is 6. The molecule has 8 heteroatoms. The second-order valence-electron chi connectivity index (χ2n) is 6.38. The quantitative estimate of drug-likeness (QED) is 0.842. The van der Waals surface area contributed by atoms with Gasteiger partial charge in [-0.3, -0.25) is 9.89 Å². The maximum atomic E-state index is 13.1. The molecule has 0 unspecified atom stereocenters. The Morgan fingerprint density at radius 1 is 1.27 bits per heavy atom. The molecule has 0 aliphatic carbocycles. The zero-order chi connectivity index (χ0) is 18.7. The molecule has 0 saturated carbocycles. The van der Waals surface area contributed by atoms with E-state index in [0.717, 1.165) is 11.6 Å². The van der Waals surface area contributed by atoms with Crippen LogP contribution in [0.15, 0.2) is 18.2 Å². The molecule has 1 aromatic heterocycles. The van der Waals surface area contributed by atoms with Crippen LogP contribution < -0.4 is 9.47 Å². The average Bonchev–Trinajstić information content (AvgIpc) is 3.27. The van der Waals surface area contributed by atoms with Gasteiger partial charge in [-0.15, -0.1) is 0 Å². The molecule has 0 spiro atoms. The molecule has 1 amide bonds. The third kappa shape index (κ3) is 3.50.